The molecule has 0 aromatic heterocycles. The monoisotopic (exact) mass is 266 g/mol. The molecule has 2 aromatic carbocycles. The van der Waals surface area contributed by atoms with Crippen molar-refractivity contribution in [3.05, 3.63) is 59.2 Å². The number of ether oxygens (including phenoxy) is 1. The molecule has 0 aliphatic carbocycles. The number of benzene rings is 2. The fourth-order valence-electron chi connectivity index (χ4n) is 1.95. The van der Waals surface area contributed by atoms with Crippen molar-refractivity contribution >= 4 is 5.69 Å². The Morgan fingerprint density at radius 3 is 2.65 bits per heavy atom. The van der Waals surface area contributed by atoms with Crippen molar-refractivity contribution in [2.75, 3.05) is 11.9 Å². The summed E-state index contributed by atoms with van der Waals surface area (Å²) in [7, 11) is 0. The minimum atomic E-state index is 0.0701. The van der Waals surface area contributed by atoms with Gasteiger partial charge in [-0.1, -0.05) is 24.3 Å². The highest BCUT2D eigenvalue weighted by Gasteiger charge is 2.03. The van der Waals surface area contributed by atoms with Crippen LogP contribution in [0.3, 0.4) is 0 Å². The van der Waals surface area contributed by atoms with Crippen LogP contribution in [-0.4, -0.2) is 6.61 Å². The van der Waals surface area contributed by atoms with Gasteiger partial charge in [-0.25, -0.2) is 0 Å². The van der Waals surface area contributed by atoms with E-state index in [9.17, 15) is 0 Å². The summed E-state index contributed by atoms with van der Waals surface area (Å²) in [5, 5.41) is 12.0. The third-order valence-electron chi connectivity index (χ3n) is 3.25. The minimum Gasteiger partial charge on any atom is -0.478 e. The molecule has 0 unspecified atom stereocenters. The third kappa shape index (κ3) is 3.52. The van der Waals surface area contributed by atoms with Crippen molar-refractivity contribution in [2.24, 2.45) is 0 Å². The number of anilines is 1. The second-order valence-corrected chi connectivity index (χ2v) is 4.71. The molecule has 0 bridgehead atoms. The summed E-state index contributed by atoms with van der Waals surface area (Å²) in [4.78, 5) is 0. The van der Waals surface area contributed by atoms with Crippen molar-refractivity contribution in [3.8, 4) is 11.8 Å². The first-order valence-corrected chi connectivity index (χ1v) is 6.59. The van der Waals surface area contributed by atoms with Gasteiger partial charge in [0.15, 0.2) is 6.61 Å². The van der Waals surface area contributed by atoms with E-state index in [4.69, 9.17) is 10.00 Å². The number of nitriles is 1. The van der Waals surface area contributed by atoms with Gasteiger partial charge in [-0.2, -0.15) is 5.26 Å². The lowest BCUT2D eigenvalue weighted by Gasteiger charge is -2.12. The Bertz CT molecular complexity index is 629. The summed E-state index contributed by atoms with van der Waals surface area (Å²) < 4.78 is 5.42. The first kappa shape index (κ1) is 14.0. The topological polar surface area (TPSA) is 45.0 Å². The Kier molecular flexibility index (Phi) is 4.62. The van der Waals surface area contributed by atoms with Crippen molar-refractivity contribution in [1.29, 1.82) is 5.26 Å². The SMILES string of the molecule is Cc1ccc(NCc2ccccc2OCC#N)cc1C. The highest BCUT2D eigenvalue weighted by Crippen LogP contribution is 2.20. The molecule has 2 aromatic rings. The minimum absolute atomic E-state index is 0.0701. The Hall–Kier alpha value is -2.47. The zero-order chi connectivity index (χ0) is 14.4. The highest BCUT2D eigenvalue weighted by atomic mass is 16.5. The molecule has 0 spiro atoms. The van der Waals surface area contributed by atoms with Crippen molar-refractivity contribution in [2.45, 2.75) is 20.4 Å². The molecule has 0 saturated carbocycles. The Balaban J connectivity index is 2.06. The van der Waals surface area contributed by atoms with Crippen LogP contribution < -0.4 is 10.1 Å². The van der Waals surface area contributed by atoms with Gasteiger partial charge >= 0.3 is 0 Å². The zero-order valence-electron chi connectivity index (χ0n) is 11.8. The predicted molar refractivity (Wildman–Crippen MR) is 80.8 cm³/mol. The van der Waals surface area contributed by atoms with Crippen LogP contribution in [0, 0.1) is 25.2 Å². The van der Waals surface area contributed by atoms with E-state index in [0.29, 0.717) is 6.54 Å². The average molecular weight is 266 g/mol. The van der Waals surface area contributed by atoms with Gasteiger partial charge in [0.25, 0.3) is 0 Å². The Labute approximate surface area is 119 Å². The van der Waals surface area contributed by atoms with E-state index in [1.807, 2.05) is 30.3 Å². The molecule has 2 rings (SSSR count). The van der Waals surface area contributed by atoms with Crippen molar-refractivity contribution in [1.82, 2.24) is 0 Å². The van der Waals surface area contributed by atoms with E-state index < -0.39 is 0 Å². The molecule has 0 aliphatic rings. The molecule has 20 heavy (non-hydrogen) atoms. The summed E-state index contributed by atoms with van der Waals surface area (Å²) in [5.41, 5.74) is 4.68. The van der Waals surface area contributed by atoms with Crippen LogP contribution in [0.15, 0.2) is 42.5 Å². The van der Waals surface area contributed by atoms with Gasteiger partial charge in [0, 0.05) is 17.8 Å². The largest absolute Gasteiger partial charge is 0.478 e. The molecule has 0 amide bonds. The molecule has 0 saturated heterocycles. The summed E-state index contributed by atoms with van der Waals surface area (Å²) in [6.45, 7) is 4.94. The van der Waals surface area contributed by atoms with E-state index in [-0.39, 0.29) is 6.61 Å². The quantitative estimate of drug-likeness (QED) is 0.894. The molecule has 0 atom stereocenters. The zero-order valence-corrected chi connectivity index (χ0v) is 11.8. The van der Waals surface area contributed by atoms with Gasteiger partial charge in [0.05, 0.1) is 0 Å². The predicted octanol–water partition coefficient (Wildman–Crippen LogP) is 3.82. The normalized spacial score (nSPS) is 9.85. The van der Waals surface area contributed by atoms with Crippen molar-refractivity contribution in [3.63, 3.8) is 0 Å². The molecule has 3 heteroatoms. The smallest absolute Gasteiger partial charge is 0.174 e. The molecular weight excluding hydrogens is 248 g/mol. The summed E-state index contributed by atoms with van der Waals surface area (Å²) in [5.74, 6) is 0.755. The van der Waals surface area contributed by atoms with Crippen LogP contribution in [0.5, 0.6) is 5.75 Å². The number of hydrogen-bond acceptors (Lipinski definition) is 3. The van der Waals surface area contributed by atoms with Crippen LogP contribution in [0.25, 0.3) is 0 Å². The van der Waals surface area contributed by atoms with Crippen LogP contribution >= 0.6 is 0 Å². The van der Waals surface area contributed by atoms with Gasteiger partial charge in [-0.15, -0.1) is 0 Å². The number of rotatable bonds is 5. The molecule has 0 heterocycles. The second kappa shape index (κ2) is 6.63. The maximum absolute atomic E-state index is 8.59. The lowest BCUT2D eigenvalue weighted by atomic mass is 10.1. The van der Waals surface area contributed by atoms with E-state index >= 15 is 0 Å². The van der Waals surface area contributed by atoms with Gasteiger partial charge in [-0.3, -0.25) is 0 Å². The molecular formula is C17H18N2O. The first-order valence-electron chi connectivity index (χ1n) is 6.59. The van der Waals surface area contributed by atoms with Gasteiger partial charge in [0.2, 0.25) is 0 Å². The van der Waals surface area contributed by atoms with Crippen molar-refractivity contribution < 1.29 is 4.74 Å². The number of nitrogens with one attached hydrogen (secondary N) is 1. The third-order valence-corrected chi connectivity index (χ3v) is 3.25. The summed E-state index contributed by atoms with van der Waals surface area (Å²) in [6.07, 6.45) is 0. The lowest BCUT2D eigenvalue weighted by molar-refractivity contribution is 0.364. The fourth-order valence-corrected chi connectivity index (χ4v) is 1.95. The number of aryl methyl sites for hydroxylation is 2. The number of nitrogens with zero attached hydrogens (tertiary/aromatic N) is 1. The van der Waals surface area contributed by atoms with E-state index in [0.717, 1.165) is 17.0 Å². The van der Waals surface area contributed by atoms with Gasteiger partial charge in [-0.05, 0) is 43.2 Å². The van der Waals surface area contributed by atoms with Crippen LogP contribution in [0.4, 0.5) is 5.69 Å². The number of para-hydroxylation sites is 1. The second-order valence-electron chi connectivity index (χ2n) is 4.71. The fraction of sp³-hybridized carbons (Fsp3) is 0.235. The van der Waals surface area contributed by atoms with Crippen LogP contribution in [-0.2, 0) is 6.54 Å². The van der Waals surface area contributed by atoms with E-state index in [2.05, 4.69) is 37.4 Å². The molecule has 3 nitrogen and oxygen atoms in total. The molecule has 0 radical (unpaired) electrons. The molecule has 0 aliphatic heterocycles. The first-order chi connectivity index (χ1) is 9.70. The van der Waals surface area contributed by atoms with E-state index in [1.165, 1.54) is 11.1 Å². The Morgan fingerprint density at radius 2 is 1.90 bits per heavy atom. The summed E-state index contributed by atoms with van der Waals surface area (Å²) >= 11 is 0. The lowest BCUT2D eigenvalue weighted by Crippen LogP contribution is -2.03. The maximum Gasteiger partial charge on any atom is 0.174 e. The standard InChI is InChI=1S/C17H18N2O/c1-13-7-8-16(11-14(13)2)19-12-15-5-3-4-6-17(15)20-10-9-18/h3-8,11,19H,10,12H2,1-2H3. The van der Waals surface area contributed by atoms with Gasteiger partial charge in [0.1, 0.15) is 11.8 Å². The van der Waals surface area contributed by atoms with Gasteiger partial charge < -0.3 is 10.1 Å². The summed E-state index contributed by atoms with van der Waals surface area (Å²) in [6, 6.07) is 16.1. The molecule has 102 valence electrons. The number of hydrogen-bond donors (Lipinski definition) is 1. The maximum atomic E-state index is 8.59. The Morgan fingerprint density at radius 1 is 1.10 bits per heavy atom. The van der Waals surface area contributed by atoms with Crippen LogP contribution in [0.2, 0.25) is 0 Å². The average Bonchev–Trinajstić information content (AvgIpc) is 2.47. The molecule has 0 fully saturated rings. The van der Waals surface area contributed by atoms with Crippen LogP contribution in [0.1, 0.15) is 16.7 Å². The highest BCUT2D eigenvalue weighted by molar-refractivity contribution is 5.49. The van der Waals surface area contributed by atoms with E-state index in [1.54, 1.807) is 0 Å². The molecule has 1 N–H and O–H groups in total.